The van der Waals surface area contributed by atoms with Crippen LogP contribution in [0.1, 0.15) is 42.0 Å². The van der Waals surface area contributed by atoms with Gasteiger partial charge >= 0.3 is 0 Å². The van der Waals surface area contributed by atoms with Crippen LogP contribution in [0.25, 0.3) is 11.3 Å². The predicted molar refractivity (Wildman–Crippen MR) is 87.6 cm³/mol. The summed E-state index contributed by atoms with van der Waals surface area (Å²) < 4.78 is 5.56. The Morgan fingerprint density at radius 2 is 2.29 bits per heavy atom. The van der Waals surface area contributed by atoms with E-state index in [1.165, 1.54) is 16.7 Å². The Labute approximate surface area is 130 Å². The number of ether oxygens (including phenoxy) is 1. The first kappa shape index (κ1) is 14.7. The summed E-state index contributed by atoms with van der Waals surface area (Å²) in [7, 11) is 1.77. The summed E-state index contributed by atoms with van der Waals surface area (Å²) in [6, 6.07) is 6.72. The van der Waals surface area contributed by atoms with E-state index in [2.05, 4.69) is 35.8 Å². The van der Waals surface area contributed by atoms with E-state index >= 15 is 0 Å². The van der Waals surface area contributed by atoms with E-state index in [4.69, 9.17) is 9.72 Å². The molecule has 1 N–H and O–H groups in total. The lowest BCUT2D eigenvalue weighted by Gasteiger charge is -2.17. The molecule has 1 aliphatic rings. The van der Waals surface area contributed by atoms with E-state index in [0.29, 0.717) is 0 Å². The summed E-state index contributed by atoms with van der Waals surface area (Å²) in [6.07, 6.45) is 3.38. The summed E-state index contributed by atoms with van der Waals surface area (Å²) in [5, 5.41) is 6.65. The normalized spacial score (nSPS) is 15.7. The molecule has 1 aromatic heterocycles. The molecule has 3 nitrogen and oxygen atoms in total. The van der Waals surface area contributed by atoms with Gasteiger partial charge in [0.15, 0.2) is 0 Å². The third-order valence-electron chi connectivity index (χ3n) is 4.02. The summed E-state index contributed by atoms with van der Waals surface area (Å²) in [5.41, 5.74) is 5.18. The molecule has 1 unspecified atom stereocenters. The van der Waals surface area contributed by atoms with Gasteiger partial charge in [-0.2, -0.15) is 0 Å². The molecule has 1 atom stereocenters. The Kier molecular flexibility index (Phi) is 4.68. The molecule has 0 amide bonds. The van der Waals surface area contributed by atoms with Crippen molar-refractivity contribution in [1.29, 1.82) is 0 Å². The second-order valence-electron chi connectivity index (χ2n) is 5.49. The van der Waals surface area contributed by atoms with Gasteiger partial charge in [-0.15, -0.1) is 11.3 Å². The van der Waals surface area contributed by atoms with Gasteiger partial charge in [-0.05, 0) is 36.6 Å². The number of benzene rings is 1. The highest BCUT2D eigenvalue weighted by Gasteiger charge is 2.16. The maximum atomic E-state index is 5.56. The number of hydrogen-bond acceptors (Lipinski definition) is 4. The Bertz CT molecular complexity index is 609. The lowest BCUT2D eigenvalue weighted by atomic mass is 9.98. The zero-order valence-corrected chi connectivity index (χ0v) is 13.5. The maximum absolute atomic E-state index is 5.56. The molecule has 2 heterocycles. The smallest absolute Gasteiger partial charge is 0.122 e. The van der Waals surface area contributed by atoms with E-state index in [1.54, 1.807) is 18.4 Å². The number of hydrogen-bond donors (Lipinski definition) is 1. The minimum Gasteiger partial charge on any atom is -0.374 e. The minimum atomic E-state index is 0.135. The van der Waals surface area contributed by atoms with Crippen LogP contribution < -0.4 is 5.32 Å². The summed E-state index contributed by atoms with van der Waals surface area (Å²) in [4.78, 5) is 4.80. The molecule has 0 fully saturated rings. The zero-order valence-electron chi connectivity index (χ0n) is 12.7. The fourth-order valence-corrected chi connectivity index (χ4v) is 3.75. The van der Waals surface area contributed by atoms with Gasteiger partial charge in [0.1, 0.15) is 11.1 Å². The third kappa shape index (κ3) is 3.18. The van der Waals surface area contributed by atoms with Gasteiger partial charge in [-0.1, -0.05) is 25.5 Å². The van der Waals surface area contributed by atoms with E-state index in [-0.39, 0.29) is 6.10 Å². The minimum absolute atomic E-state index is 0.135. The van der Waals surface area contributed by atoms with Gasteiger partial charge in [-0.25, -0.2) is 4.98 Å². The molecule has 0 saturated carbocycles. The topological polar surface area (TPSA) is 34.1 Å². The average Bonchev–Trinajstić information content (AvgIpc) is 3.02. The van der Waals surface area contributed by atoms with Crippen molar-refractivity contribution >= 4 is 11.3 Å². The second kappa shape index (κ2) is 6.69. The van der Waals surface area contributed by atoms with Crippen molar-refractivity contribution in [1.82, 2.24) is 10.3 Å². The number of aromatic nitrogens is 1. The molecular formula is C17H22N2OS. The van der Waals surface area contributed by atoms with Crippen molar-refractivity contribution in [2.75, 3.05) is 13.7 Å². The number of nitrogens with one attached hydrogen (secondary N) is 1. The summed E-state index contributed by atoms with van der Waals surface area (Å²) >= 11 is 1.71. The lowest BCUT2D eigenvalue weighted by molar-refractivity contribution is 0.0948. The van der Waals surface area contributed by atoms with Crippen LogP contribution in [0.3, 0.4) is 0 Å². The second-order valence-corrected chi connectivity index (χ2v) is 6.38. The van der Waals surface area contributed by atoms with Gasteiger partial charge in [0.2, 0.25) is 0 Å². The number of rotatable bonds is 5. The Morgan fingerprint density at radius 3 is 3.10 bits per heavy atom. The summed E-state index contributed by atoms with van der Waals surface area (Å²) in [5.74, 6) is 0. The Balaban J connectivity index is 1.85. The lowest BCUT2D eigenvalue weighted by Crippen LogP contribution is -2.23. The average molecular weight is 302 g/mol. The molecule has 3 rings (SSSR count). The first-order valence-corrected chi connectivity index (χ1v) is 8.51. The van der Waals surface area contributed by atoms with E-state index < -0.39 is 0 Å². The fourth-order valence-electron chi connectivity index (χ4n) is 2.81. The molecule has 21 heavy (non-hydrogen) atoms. The third-order valence-corrected chi connectivity index (χ3v) is 4.96. The number of fused-ring (bicyclic) bond motifs is 1. The highest BCUT2D eigenvalue weighted by molar-refractivity contribution is 7.10. The van der Waals surface area contributed by atoms with E-state index in [1.807, 2.05) is 0 Å². The molecule has 0 radical (unpaired) electrons. The molecule has 0 saturated heterocycles. The highest BCUT2D eigenvalue weighted by Crippen LogP contribution is 2.30. The van der Waals surface area contributed by atoms with Gasteiger partial charge in [-0.3, -0.25) is 0 Å². The van der Waals surface area contributed by atoms with Crippen LogP contribution >= 0.6 is 11.3 Å². The molecule has 0 spiro atoms. The van der Waals surface area contributed by atoms with Crippen molar-refractivity contribution in [3.05, 3.63) is 39.7 Å². The molecule has 112 valence electrons. The molecule has 0 bridgehead atoms. The van der Waals surface area contributed by atoms with Crippen LogP contribution in [0.5, 0.6) is 0 Å². The van der Waals surface area contributed by atoms with E-state index in [0.717, 1.165) is 43.1 Å². The molecule has 2 aromatic rings. The van der Waals surface area contributed by atoms with Crippen LogP contribution in [-0.4, -0.2) is 18.6 Å². The Hall–Kier alpha value is -1.23. The monoisotopic (exact) mass is 302 g/mol. The number of methoxy groups -OCH3 is 1. The van der Waals surface area contributed by atoms with Crippen molar-refractivity contribution in [2.24, 2.45) is 0 Å². The standard InChI is InChI=1S/C17H22N2OS/c1-3-4-16(20-2)17-19-15(11-21-17)13-5-6-14-10-18-8-7-12(14)9-13/h5-6,9,11,16,18H,3-4,7-8,10H2,1-2H3. The SMILES string of the molecule is CCCC(OC)c1nc(-c2ccc3c(c2)CCNC3)cs1. The molecule has 0 aliphatic carbocycles. The largest absolute Gasteiger partial charge is 0.374 e. The van der Waals surface area contributed by atoms with Crippen LogP contribution in [0, 0.1) is 0 Å². The van der Waals surface area contributed by atoms with Crippen LogP contribution in [-0.2, 0) is 17.7 Å². The van der Waals surface area contributed by atoms with Gasteiger partial charge in [0.25, 0.3) is 0 Å². The van der Waals surface area contributed by atoms with Gasteiger partial charge in [0, 0.05) is 24.6 Å². The molecule has 4 heteroatoms. The van der Waals surface area contributed by atoms with Crippen molar-refractivity contribution in [2.45, 2.75) is 38.8 Å². The van der Waals surface area contributed by atoms with Crippen molar-refractivity contribution in [3.8, 4) is 11.3 Å². The number of thiazole rings is 1. The number of nitrogens with zero attached hydrogens (tertiary/aromatic N) is 1. The molecular weight excluding hydrogens is 280 g/mol. The first-order chi connectivity index (χ1) is 10.3. The van der Waals surface area contributed by atoms with Crippen molar-refractivity contribution in [3.63, 3.8) is 0 Å². The van der Waals surface area contributed by atoms with E-state index in [9.17, 15) is 0 Å². The quantitative estimate of drug-likeness (QED) is 0.908. The zero-order chi connectivity index (χ0) is 14.7. The first-order valence-electron chi connectivity index (χ1n) is 7.63. The van der Waals surface area contributed by atoms with Crippen LogP contribution in [0.15, 0.2) is 23.6 Å². The maximum Gasteiger partial charge on any atom is 0.122 e. The van der Waals surface area contributed by atoms with Crippen LogP contribution in [0.4, 0.5) is 0 Å². The van der Waals surface area contributed by atoms with Gasteiger partial charge < -0.3 is 10.1 Å². The molecule has 1 aliphatic heterocycles. The van der Waals surface area contributed by atoms with Crippen molar-refractivity contribution < 1.29 is 4.74 Å². The molecule has 1 aromatic carbocycles. The van der Waals surface area contributed by atoms with Crippen LogP contribution in [0.2, 0.25) is 0 Å². The highest BCUT2D eigenvalue weighted by atomic mass is 32.1. The Morgan fingerprint density at radius 1 is 1.38 bits per heavy atom. The van der Waals surface area contributed by atoms with Gasteiger partial charge in [0.05, 0.1) is 5.69 Å². The fraction of sp³-hybridized carbons (Fsp3) is 0.471. The predicted octanol–water partition coefficient (Wildman–Crippen LogP) is 3.94. The summed E-state index contributed by atoms with van der Waals surface area (Å²) in [6.45, 7) is 4.24.